The van der Waals surface area contributed by atoms with Crippen LogP contribution in [0.5, 0.6) is 0 Å². The molecule has 0 fully saturated rings. The number of rotatable bonds is 4. The maximum absolute atomic E-state index is 11.7. The van der Waals surface area contributed by atoms with E-state index in [1.54, 1.807) is 0 Å². The molecular formula is C10H6N4O5S. The number of hydrogen-bond acceptors (Lipinski definition) is 7. The van der Waals surface area contributed by atoms with E-state index < -0.39 is 22.5 Å². The topological polar surface area (TPSA) is 135 Å². The Bertz CT molecular complexity index is 685. The third-order valence-corrected chi connectivity index (χ3v) is 2.79. The van der Waals surface area contributed by atoms with Crippen LogP contribution in [0.3, 0.4) is 0 Å². The number of aromatic carboxylic acids is 1. The molecular weight excluding hydrogens is 288 g/mol. The molecule has 20 heavy (non-hydrogen) atoms. The highest BCUT2D eigenvalue weighted by Crippen LogP contribution is 2.26. The fourth-order valence-corrected chi connectivity index (χ4v) is 1.81. The van der Waals surface area contributed by atoms with E-state index in [4.69, 9.17) is 5.11 Å². The molecule has 0 bridgehead atoms. The number of anilines is 1. The van der Waals surface area contributed by atoms with E-state index in [9.17, 15) is 19.7 Å². The van der Waals surface area contributed by atoms with Crippen LogP contribution >= 0.6 is 11.5 Å². The lowest BCUT2D eigenvalue weighted by molar-refractivity contribution is -0.383. The number of nitrogens with zero attached hydrogens (tertiary/aromatic N) is 3. The van der Waals surface area contributed by atoms with Crippen LogP contribution < -0.4 is 5.32 Å². The molecule has 1 heterocycles. The van der Waals surface area contributed by atoms with Crippen LogP contribution in [-0.4, -0.2) is 31.5 Å². The van der Waals surface area contributed by atoms with Gasteiger partial charge in [-0.1, -0.05) is 4.49 Å². The molecule has 1 aromatic heterocycles. The van der Waals surface area contributed by atoms with E-state index in [0.717, 1.165) is 29.7 Å². The van der Waals surface area contributed by atoms with Crippen molar-refractivity contribution in [1.82, 2.24) is 9.59 Å². The molecule has 1 amide bonds. The summed E-state index contributed by atoms with van der Waals surface area (Å²) in [5.41, 5.74) is -0.851. The Morgan fingerprint density at radius 3 is 2.70 bits per heavy atom. The van der Waals surface area contributed by atoms with Gasteiger partial charge in [0.1, 0.15) is 5.69 Å². The fraction of sp³-hybridized carbons (Fsp3) is 0. The van der Waals surface area contributed by atoms with Crippen molar-refractivity contribution in [3.05, 3.63) is 45.0 Å². The molecule has 1 aromatic carbocycles. The lowest BCUT2D eigenvalue weighted by Crippen LogP contribution is -2.14. The minimum atomic E-state index is -1.30. The standard InChI is InChI=1S/C10H6N4O5S/c15-9(7-4-20-13-12-7)11-6-2-1-5(10(16)17)3-8(6)14(18)19/h1-4H,(H,11,15)(H,16,17). The number of nitro benzene ring substituents is 1. The average Bonchev–Trinajstić information content (AvgIpc) is 2.92. The average molecular weight is 294 g/mol. The number of nitrogens with one attached hydrogen (secondary N) is 1. The number of benzene rings is 1. The molecule has 0 unspecified atom stereocenters. The monoisotopic (exact) mass is 294 g/mol. The normalized spacial score (nSPS) is 10.0. The van der Waals surface area contributed by atoms with Gasteiger partial charge in [0.05, 0.1) is 10.5 Å². The highest BCUT2D eigenvalue weighted by molar-refractivity contribution is 7.03. The summed E-state index contributed by atoms with van der Waals surface area (Å²) in [4.78, 5) is 32.6. The minimum absolute atomic E-state index is 0.0200. The maximum Gasteiger partial charge on any atom is 0.335 e. The van der Waals surface area contributed by atoms with Crippen molar-refractivity contribution in [2.24, 2.45) is 0 Å². The maximum atomic E-state index is 11.7. The van der Waals surface area contributed by atoms with Gasteiger partial charge in [-0.25, -0.2) is 4.79 Å². The van der Waals surface area contributed by atoms with Gasteiger partial charge >= 0.3 is 5.97 Å². The van der Waals surface area contributed by atoms with E-state index in [0.29, 0.717) is 0 Å². The second-order valence-electron chi connectivity index (χ2n) is 3.54. The summed E-state index contributed by atoms with van der Waals surface area (Å²) in [7, 11) is 0. The first-order valence-electron chi connectivity index (χ1n) is 5.09. The molecule has 102 valence electrons. The molecule has 2 aromatic rings. The van der Waals surface area contributed by atoms with Gasteiger partial charge < -0.3 is 10.4 Å². The quantitative estimate of drug-likeness (QED) is 0.642. The Labute approximate surface area is 115 Å². The molecule has 2 rings (SSSR count). The zero-order chi connectivity index (χ0) is 14.7. The smallest absolute Gasteiger partial charge is 0.335 e. The van der Waals surface area contributed by atoms with E-state index in [2.05, 4.69) is 14.9 Å². The van der Waals surface area contributed by atoms with Crippen LogP contribution in [-0.2, 0) is 0 Å². The molecule has 0 saturated carbocycles. The number of amides is 1. The number of carboxylic acid groups (broad SMARTS) is 1. The Hall–Kier alpha value is -2.88. The molecule has 0 aliphatic rings. The summed E-state index contributed by atoms with van der Waals surface area (Å²) in [6.45, 7) is 0. The zero-order valence-corrected chi connectivity index (χ0v) is 10.5. The van der Waals surface area contributed by atoms with Gasteiger partial charge in [0.25, 0.3) is 11.6 Å². The largest absolute Gasteiger partial charge is 0.478 e. The van der Waals surface area contributed by atoms with Crippen molar-refractivity contribution in [1.29, 1.82) is 0 Å². The Morgan fingerprint density at radius 1 is 1.40 bits per heavy atom. The van der Waals surface area contributed by atoms with Crippen LogP contribution in [0, 0.1) is 10.1 Å². The summed E-state index contributed by atoms with van der Waals surface area (Å²) < 4.78 is 3.50. The van der Waals surface area contributed by atoms with E-state index in [1.807, 2.05) is 0 Å². The summed E-state index contributed by atoms with van der Waals surface area (Å²) >= 11 is 0.962. The van der Waals surface area contributed by atoms with Crippen molar-refractivity contribution < 1.29 is 19.6 Å². The highest BCUT2D eigenvalue weighted by Gasteiger charge is 2.20. The molecule has 0 aliphatic carbocycles. The molecule has 0 saturated heterocycles. The third kappa shape index (κ3) is 2.75. The second kappa shape index (κ2) is 5.40. The van der Waals surface area contributed by atoms with Crippen LogP contribution in [0.1, 0.15) is 20.8 Å². The van der Waals surface area contributed by atoms with Crippen molar-refractivity contribution in [2.45, 2.75) is 0 Å². The number of carboxylic acids is 1. The molecule has 0 radical (unpaired) electrons. The SMILES string of the molecule is O=C(O)c1ccc(NC(=O)c2csnn2)c([N+](=O)[O-])c1. The highest BCUT2D eigenvalue weighted by atomic mass is 32.1. The third-order valence-electron chi connectivity index (χ3n) is 2.28. The van der Waals surface area contributed by atoms with Gasteiger partial charge in [-0.05, 0) is 23.7 Å². The number of carbonyl (C=O) groups is 2. The zero-order valence-electron chi connectivity index (χ0n) is 9.64. The predicted octanol–water partition coefficient (Wildman–Crippen LogP) is 1.40. The second-order valence-corrected chi connectivity index (χ2v) is 4.15. The first-order chi connectivity index (χ1) is 9.49. The number of nitro groups is 1. The fourth-order valence-electron chi connectivity index (χ4n) is 1.37. The summed E-state index contributed by atoms with van der Waals surface area (Å²) in [6.07, 6.45) is 0. The molecule has 0 aliphatic heterocycles. The molecule has 2 N–H and O–H groups in total. The van der Waals surface area contributed by atoms with Gasteiger partial charge in [-0.2, -0.15) is 0 Å². The Kier molecular flexibility index (Phi) is 3.66. The first-order valence-corrected chi connectivity index (χ1v) is 5.93. The Morgan fingerprint density at radius 2 is 2.15 bits per heavy atom. The van der Waals surface area contributed by atoms with Crippen LogP contribution in [0.25, 0.3) is 0 Å². The first kappa shape index (κ1) is 13.5. The van der Waals surface area contributed by atoms with Gasteiger partial charge in [-0.15, -0.1) is 5.10 Å². The summed E-state index contributed by atoms with van der Waals surface area (Å²) in [6, 6.07) is 3.18. The number of aromatic nitrogens is 2. The van der Waals surface area contributed by atoms with Crippen molar-refractivity contribution in [2.75, 3.05) is 5.32 Å². The number of hydrogen-bond donors (Lipinski definition) is 2. The van der Waals surface area contributed by atoms with Gasteiger partial charge in [-0.3, -0.25) is 14.9 Å². The minimum Gasteiger partial charge on any atom is -0.478 e. The lowest BCUT2D eigenvalue weighted by atomic mass is 10.1. The van der Waals surface area contributed by atoms with Crippen LogP contribution in [0.4, 0.5) is 11.4 Å². The van der Waals surface area contributed by atoms with E-state index in [-0.39, 0.29) is 16.9 Å². The van der Waals surface area contributed by atoms with Crippen molar-refractivity contribution in [3.8, 4) is 0 Å². The summed E-state index contributed by atoms with van der Waals surface area (Å²) in [5, 5.41) is 26.9. The van der Waals surface area contributed by atoms with Crippen molar-refractivity contribution in [3.63, 3.8) is 0 Å². The van der Waals surface area contributed by atoms with Gasteiger partial charge in [0.15, 0.2) is 5.69 Å². The lowest BCUT2D eigenvalue weighted by Gasteiger charge is -2.05. The van der Waals surface area contributed by atoms with Crippen LogP contribution in [0.2, 0.25) is 0 Å². The van der Waals surface area contributed by atoms with E-state index in [1.165, 1.54) is 5.38 Å². The molecule has 0 atom stereocenters. The summed E-state index contributed by atoms with van der Waals surface area (Å²) in [5.74, 6) is -1.96. The van der Waals surface area contributed by atoms with Crippen LogP contribution in [0.15, 0.2) is 23.6 Å². The van der Waals surface area contributed by atoms with E-state index >= 15 is 0 Å². The van der Waals surface area contributed by atoms with Gasteiger partial charge in [0, 0.05) is 11.4 Å². The number of carbonyl (C=O) groups excluding carboxylic acids is 1. The van der Waals surface area contributed by atoms with Gasteiger partial charge in [0.2, 0.25) is 0 Å². The Balaban J connectivity index is 2.34. The molecule has 10 heteroatoms. The molecule has 0 spiro atoms. The molecule has 9 nitrogen and oxygen atoms in total. The van der Waals surface area contributed by atoms with Crippen molar-refractivity contribution >= 4 is 34.8 Å². The predicted molar refractivity (Wildman–Crippen MR) is 67.9 cm³/mol.